The lowest BCUT2D eigenvalue weighted by molar-refractivity contribution is -0.140. The summed E-state index contributed by atoms with van der Waals surface area (Å²) in [5.74, 6) is 0. The summed E-state index contributed by atoms with van der Waals surface area (Å²) in [5, 5.41) is 17.9. The van der Waals surface area contributed by atoms with E-state index >= 15 is 0 Å². The molecule has 0 aliphatic carbocycles. The first-order valence-electron chi connectivity index (χ1n) is 6.08. The molecule has 1 aromatic carbocycles. The second-order valence-electron chi connectivity index (χ2n) is 4.57. The van der Waals surface area contributed by atoms with Crippen molar-refractivity contribution in [1.82, 2.24) is 0 Å². The van der Waals surface area contributed by atoms with Crippen molar-refractivity contribution in [3.8, 4) is 0 Å². The van der Waals surface area contributed by atoms with Crippen LogP contribution in [-0.4, -0.2) is 23.8 Å². The van der Waals surface area contributed by atoms with Gasteiger partial charge in [-0.15, -0.1) is 0 Å². The van der Waals surface area contributed by atoms with Gasteiger partial charge in [0.05, 0.1) is 11.7 Å². The van der Waals surface area contributed by atoms with Crippen LogP contribution in [0.2, 0.25) is 0 Å². The molecular weight excluding hydrogens is 260 g/mol. The van der Waals surface area contributed by atoms with Crippen molar-refractivity contribution in [3.05, 3.63) is 29.3 Å². The van der Waals surface area contributed by atoms with Gasteiger partial charge in [0.25, 0.3) is 0 Å². The Morgan fingerprint density at radius 1 is 1.21 bits per heavy atom. The summed E-state index contributed by atoms with van der Waals surface area (Å²) in [4.78, 5) is 0. The van der Waals surface area contributed by atoms with Gasteiger partial charge in [0.2, 0.25) is 0 Å². The number of hydrogen-bond donors (Lipinski definition) is 2. The van der Waals surface area contributed by atoms with E-state index in [4.69, 9.17) is 14.8 Å². The average molecular weight is 274 g/mol. The van der Waals surface area contributed by atoms with E-state index in [0.717, 1.165) is 18.9 Å². The SMILES string of the molecule is OB(O)c1ccc(C2CCCCO2)c(C(F)(F)F)c1. The van der Waals surface area contributed by atoms with Gasteiger partial charge in [-0.3, -0.25) is 0 Å². The van der Waals surface area contributed by atoms with Crippen LogP contribution in [0.3, 0.4) is 0 Å². The molecule has 1 saturated heterocycles. The van der Waals surface area contributed by atoms with Crippen molar-refractivity contribution < 1.29 is 28.0 Å². The molecule has 1 fully saturated rings. The van der Waals surface area contributed by atoms with Gasteiger partial charge in [-0.2, -0.15) is 13.2 Å². The minimum atomic E-state index is -4.54. The fourth-order valence-corrected chi connectivity index (χ4v) is 2.25. The number of alkyl halides is 3. The summed E-state index contributed by atoms with van der Waals surface area (Å²) in [6.45, 7) is 0.451. The summed E-state index contributed by atoms with van der Waals surface area (Å²) in [6.07, 6.45) is -2.89. The maximum absolute atomic E-state index is 13.0. The number of hydrogen-bond acceptors (Lipinski definition) is 3. The molecule has 2 rings (SSSR count). The number of rotatable bonds is 2. The molecule has 0 amide bonds. The third kappa shape index (κ3) is 3.29. The Morgan fingerprint density at radius 3 is 2.47 bits per heavy atom. The van der Waals surface area contributed by atoms with Crippen LogP contribution in [0.4, 0.5) is 13.2 Å². The molecule has 1 aliphatic heterocycles. The van der Waals surface area contributed by atoms with E-state index in [9.17, 15) is 13.2 Å². The zero-order valence-corrected chi connectivity index (χ0v) is 10.2. The van der Waals surface area contributed by atoms with Crippen LogP contribution in [0.25, 0.3) is 0 Å². The maximum Gasteiger partial charge on any atom is 0.488 e. The topological polar surface area (TPSA) is 49.7 Å². The van der Waals surface area contributed by atoms with E-state index < -0.39 is 25.0 Å². The molecule has 7 heteroatoms. The Balaban J connectivity index is 2.41. The number of benzene rings is 1. The third-order valence-electron chi connectivity index (χ3n) is 3.21. The van der Waals surface area contributed by atoms with Crippen molar-refractivity contribution in [1.29, 1.82) is 0 Å². The van der Waals surface area contributed by atoms with E-state index in [-0.39, 0.29) is 11.0 Å². The van der Waals surface area contributed by atoms with Gasteiger partial charge in [0.15, 0.2) is 0 Å². The Bertz CT molecular complexity index is 442. The molecule has 0 bridgehead atoms. The van der Waals surface area contributed by atoms with Gasteiger partial charge in [-0.25, -0.2) is 0 Å². The largest absolute Gasteiger partial charge is 0.488 e. The molecule has 104 valence electrons. The Morgan fingerprint density at radius 2 is 1.95 bits per heavy atom. The van der Waals surface area contributed by atoms with Crippen LogP contribution in [0.5, 0.6) is 0 Å². The molecule has 3 nitrogen and oxygen atoms in total. The molecular formula is C12H14BF3O3. The first-order chi connectivity index (χ1) is 8.89. The van der Waals surface area contributed by atoms with Crippen LogP contribution in [0, 0.1) is 0 Å². The number of ether oxygens (including phenoxy) is 1. The average Bonchev–Trinajstić information content (AvgIpc) is 2.38. The molecule has 1 aromatic rings. The minimum absolute atomic E-state index is 0.0663. The van der Waals surface area contributed by atoms with E-state index in [1.165, 1.54) is 12.1 Å². The lowest BCUT2D eigenvalue weighted by Gasteiger charge is -2.26. The predicted octanol–water partition coefficient (Wildman–Crippen LogP) is 1.63. The Kier molecular flexibility index (Phi) is 4.18. The zero-order chi connectivity index (χ0) is 14.0. The van der Waals surface area contributed by atoms with Gasteiger partial charge in [-0.05, 0) is 36.4 Å². The minimum Gasteiger partial charge on any atom is -0.423 e. The molecule has 1 atom stereocenters. The summed E-state index contributed by atoms with van der Waals surface area (Å²) in [6, 6.07) is 3.33. The second kappa shape index (κ2) is 5.52. The summed E-state index contributed by atoms with van der Waals surface area (Å²) in [7, 11) is -1.91. The molecule has 0 radical (unpaired) electrons. The Labute approximate surface area is 109 Å². The van der Waals surface area contributed by atoms with Crippen molar-refractivity contribution in [3.63, 3.8) is 0 Å². The normalized spacial score (nSPS) is 20.4. The highest BCUT2D eigenvalue weighted by molar-refractivity contribution is 6.58. The fraction of sp³-hybridized carbons (Fsp3) is 0.500. The first-order valence-corrected chi connectivity index (χ1v) is 6.08. The lowest BCUT2D eigenvalue weighted by Crippen LogP contribution is -2.31. The molecule has 0 spiro atoms. The van der Waals surface area contributed by atoms with Gasteiger partial charge in [-0.1, -0.05) is 12.1 Å². The van der Waals surface area contributed by atoms with Crippen molar-refractivity contribution in [2.75, 3.05) is 6.61 Å². The van der Waals surface area contributed by atoms with Crippen molar-refractivity contribution >= 4 is 12.6 Å². The first kappa shape index (κ1) is 14.4. The summed E-state index contributed by atoms with van der Waals surface area (Å²) >= 11 is 0. The molecule has 0 aromatic heterocycles. The smallest absolute Gasteiger partial charge is 0.423 e. The molecule has 2 N–H and O–H groups in total. The highest BCUT2D eigenvalue weighted by Crippen LogP contribution is 2.38. The second-order valence-corrected chi connectivity index (χ2v) is 4.57. The zero-order valence-electron chi connectivity index (χ0n) is 10.2. The maximum atomic E-state index is 13.0. The monoisotopic (exact) mass is 274 g/mol. The van der Waals surface area contributed by atoms with E-state index in [1.807, 2.05) is 0 Å². The van der Waals surface area contributed by atoms with Crippen molar-refractivity contribution in [2.24, 2.45) is 0 Å². The quantitative estimate of drug-likeness (QED) is 0.806. The van der Waals surface area contributed by atoms with Gasteiger partial charge in [0, 0.05) is 6.61 Å². The van der Waals surface area contributed by atoms with E-state index in [2.05, 4.69) is 0 Å². The molecule has 1 aliphatic rings. The highest BCUT2D eigenvalue weighted by Gasteiger charge is 2.36. The highest BCUT2D eigenvalue weighted by atomic mass is 19.4. The molecule has 0 saturated carbocycles. The summed E-state index contributed by atoms with van der Waals surface area (Å²) < 4.78 is 44.5. The van der Waals surface area contributed by atoms with Gasteiger partial charge >= 0.3 is 13.3 Å². The fourth-order valence-electron chi connectivity index (χ4n) is 2.25. The molecule has 1 heterocycles. The lowest BCUT2D eigenvalue weighted by atomic mass is 9.78. The van der Waals surface area contributed by atoms with Gasteiger partial charge in [0.1, 0.15) is 0 Å². The van der Waals surface area contributed by atoms with Crippen LogP contribution in [-0.2, 0) is 10.9 Å². The summed E-state index contributed by atoms with van der Waals surface area (Å²) in [5.41, 5.74) is -0.964. The van der Waals surface area contributed by atoms with E-state index in [0.29, 0.717) is 13.0 Å². The third-order valence-corrected chi connectivity index (χ3v) is 3.21. The Hall–Kier alpha value is -1.05. The van der Waals surface area contributed by atoms with Crippen LogP contribution < -0.4 is 5.46 Å². The number of halogens is 3. The van der Waals surface area contributed by atoms with Gasteiger partial charge < -0.3 is 14.8 Å². The van der Waals surface area contributed by atoms with Crippen LogP contribution >= 0.6 is 0 Å². The van der Waals surface area contributed by atoms with E-state index in [1.54, 1.807) is 0 Å². The van der Waals surface area contributed by atoms with Crippen LogP contribution in [0.15, 0.2) is 18.2 Å². The molecule has 1 unspecified atom stereocenters. The standard InChI is InChI=1S/C12H14BF3O3/c14-12(15,16)10-7-8(13(17)18)4-5-9(10)11-3-1-2-6-19-11/h4-5,7,11,17-18H,1-3,6H2. The van der Waals surface area contributed by atoms with Crippen molar-refractivity contribution in [2.45, 2.75) is 31.5 Å². The van der Waals surface area contributed by atoms with Crippen LogP contribution in [0.1, 0.15) is 36.5 Å². The molecule has 19 heavy (non-hydrogen) atoms. The predicted molar refractivity (Wildman–Crippen MR) is 63.8 cm³/mol.